The lowest BCUT2D eigenvalue weighted by atomic mass is 9.97. The summed E-state index contributed by atoms with van der Waals surface area (Å²) in [6, 6.07) is 5.33. The van der Waals surface area contributed by atoms with Crippen molar-refractivity contribution in [1.82, 2.24) is 15.2 Å². The van der Waals surface area contributed by atoms with Crippen molar-refractivity contribution in [3.63, 3.8) is 0 Å². The van der Waals surface area contributed by atoms with Gasteiger partial charge in [0.1, 0.15) is 23.5 Å². The Morgan fingerprint density at radius 2 is 2.08 bits per heavy atom. The van der Waals surface area contributed by atoms with Gasteiger partial charge in [-0.05, 0) is 63.1 Å². The zero-order valence-corrected chi connectivity index (χ0v) is 23.3. The molecule has 1 aromatic carbocycles. The third kappa shape index (κ3) is 6.02. The number of aromatic nitrogens is 1. The van der Waals surface area contributed by atoms with Crippen LogP contribution in [0.3, 0.4) is 0 Å². The maximum absolute atomic E-state index is 15.1. The number of benzene rings is 1. The molecule has 9 nitrogen and oxygen atoms in total. The van der Waals surface area contributed by atoms with Crippen molar-refractivity contribution < 1.29 is 23.5 Å². The Kier molecular flexibility index (Phi) is 7.78. The number of anilines is 1. The van der Waals surface area contributed by atoms with E-state index in [0.717, 1.165) is 42.4 Å². The Bertz CT molecular complexity index is 1270. The molecule has 3 aliphatic rings. The Balaban J connectivity index is 1.24. The molecule has 2 amide bonds. The number of hydrogen-bond acceptors (Lipinski definition) is 8. The number of hydrogen-bond donors (Lipinski definition) is 1. The average molecular weight is 556 g/mol. The Morgan fingerprint density at radius 1 is 1.31 bits per heavy atom. The molecule has 5 rings (SSSR count). The second-order valence-electron chi connectivity index (χ2n) is 11.4. The number of morpholine rings is 1. The van der Waals surface area contributed by atoms with Gasteiger partial charge >= 0.3 is 6.09 Å². The third-order valence-corrected chi connectivity index (χ3v) is 8.57. The van der Waals surface area contributed by atoms with Crippen LogP contribution in [0.25, 0.3) is 10.4 Å². The molecule has 2 saturated heterocycles. The monoisotopic (exact) mass is 555 g/mol. The highest BCUT2D eigenvalue weighted by Gasteiger charge is 2.52. The number of thiazole rings is 1. The van der Waals surface area contributed by atoms with Crippen LogP contribution in [0.1, 0.15) is 45.6 Å². The third-order valence-electron chi connectivity index (χ3n) is 7.47. The van der Waals surface area contributed by atoms with Crippen LogP contribution in [0.15, 0.2) is 24.4 Å². The number of amides is 2. The fraction of sp³-hybridized carbons (Fsp3) is 0.571. The number of carbonyl (C=O) groups is 2. The number of ether oxygens (including phenoxy) is 2. The second kappa shape index (κ2) is 11.1. The van der Waals surface area contributed by atoms with Gasteiger partial charge in [0.25, 0.3) is 0 Å². The fourth-order valence-electron chi connectivity index (χ4n) is 5.67. The summed E-state index contributed by atoms with van der Waals surface area (Å²) >= 11 is 1.50. The molecule has 0 spiro atoms. The van der Waals surface area contributed by atoms with Crippen molar-refractivity contribution >= 4 is 28.5 Å². The van der Waals surface area contributed by atoms with Gasteiger partial charge in [0, 0.05) is 31.7 Å². The molecule has 1 aromatic heterocycles. The highest BCUT2D eigenvalue weighted by Crippen LogP contribution is 2.43. The molecule has 1 saturated carbocycles. The van der Waals surface area contributed by atoms with E-state index in [4.69, 9.17) is 9.47 Å². The number of carbonyl (C=O) groups excluding carboxylic acids is 2. The predicted octanol–water partition coefficient (Wildman–Crippen LogP) is 4.12. The Hall–Kier alpha value is -3.23. The van der Waals surface area contributed by atoms with Gasteiger partial charge in [-0.15, -0.1) is 0 Å². The molecule has 3 heterocycles. The number of nitrogens with zero attached hydrogens (tertiary/aromatic N) is 4. The van der Waals surface area contributed by atoms with E-state index in [1.165, 1.54) is 17.4 Å². The SMILES string of the molecule is CC(C)(C)OC(=O)N1[C@@H]2CC[C@@H](C2)[C@H]1C(=O)N[C@H](C#N)Cc1ccc(-c2cnc(N3CCOCC3)s2)cc1F. The first-order chi connectivity index (χ1) is 18.6. The van der Waals surface area contributed by atoms with Crippen LogP contribution < -0.4 is 10.2 Å². The maximum atomic E-state index is 15.1. The summed E-state index contributed by atoms with van der Waals surface area (Å²) in [5, 5.41) is 13.4. The van der Waals surface area contributed by atoms with E-state index in [9.17, 15) is 14.9 Å². The highest BCUT2D eigenvalue weighted by molar-refractivity contribution is 7.18. The van der Waals surface area contributed by atoms with Crippen molar-refractivity contribution in [1.29, 1.82) is 5.26 Å². The molecule has 11 heteroatoms. The number of rotatable bonds is 6. The van der Waals surface area contributed by atoms with Crippen LogP contribution >= 0.6 is 11.3 Å². The molecule has 0 radical (unpaired) electrons. The molecule has 2 aliphatic heterocycles. The standard InChI is InChI=1S/C28H34FN5O4S/c1-28(2,3)38-27(36)34-21-7-6-19(13-21)24(34)25(35)32-20(15-30)12-17-4-5-18(14-22(17)29)23-16-31-26(39-23)33-8-10-37-11-9-33/h4-5,14,16,19-21,24H,6-13H2,1-3H3,(H,32,35)/t19-,20-,21+,24-/m0/s1. The first-order valence-electron chi connectivity index (χ1n) is 13.4. The average Bonchev–Trinajstić information content (AvgIpc) is 3.65. The van der Waals surface area contributed by atoms with Crippen molar-refractivity contribution in [3.05, 3.63) is 35.8 Å². The summed E-state index contributed by atoms with van der Waals surface area (Å²) in [6.07, 6.45) is 3.68. The minimum absolute atomic E-state index is 0.0172. The largest absolute Gasteiger partial charge is 0.444 e. The van der Waals surface area contributed by atoms with Gasteiger partial charge in [-0.25, -0.2) is 14.2 Å². The number of nitriles is 1. The van der Waals surface area contributed by atoms with Gasteiger partial charge < -0.3 is 19.7 Å². The number of nitrogens with one attached hydrogen (secondary N) is 1. The normalized spacial score (nSPS) is 23.4. The van der Waals surface area contributed by atoms with E-state index in [-0.39, 0.29) is 18.4 Å². The van der Waals surface area contributed by atoms with Gasteiger partial charge in [-0.2, -0.15) is 5.26 Å². The van der Waals surface area contributed by atoms with Crippen LogP contribution in [-0.2, 0) is 20.7 Å². The zero-order chi connectivity index (χ0) is 27.7. The smallest absolute Gasteiger partial charge is 0.411 e. The van der Waals surface area contributed by atoms with E-state index >= 15 is 4.39 Å². The predicted molar refractivity (Wildman–Crippen MR) is 145 cm³/mol. The molecule has 39 heavy (non-hydrogen) atoms. The minimum atomic E-state index is -0.936. The number of piperidine rings is 1. The summed E-state index contributed by atoms with van der Waals surface area (Å²) in [7, 11) is 0. The van der Waals surface area contributed by atoms with Gasteiger partial charge in [0.2, 0.25) is 5.91 Å². The molecule has 1 aliphatic carbocycles. The number of fused-ring (bicyclic) bond motifs is 2. The number of likely N-dealkylation sites (tertiary alicyclic amines) is 1. The summed E-state index contributed by atoms with van der Waals surface area (Å²) < 4.78 is 26.1. The Labute approximate surface area is 231 Å². The lowest BCUT2D eigenvalue weighted by Crippen LogP contribution is -2.55. The highest BCUT2D eigenvalue weighted by atomic mass is 32.1. The lowest BCUT2D eigenvalue weighted by molar-refractivity contribution is -0.128. The van der Waals surface area contributed by atoms with Crippen LogP contribution in [0.5, 0.6) is 0 Å². The fourth-order valence-corrected chi connectivity index (χ4v) is 6.64. The molecule has 2 bridgehead atoms. The summed E-state index contributed by atoms with van der Waals surface area (Å²) in [4.78, 5) is 35.2. The van der Waals surface area contributed by atoms with Crippen LogP contribution in [0.2, 0.25) is 0 Å². The first-order valence-corrected chi connectivity index (χ1v) is 14.2. The van der Waals surface area contributed by atoms with Crippen molar-refractivity contribution in [2.45, 2.75) is 70.2 Å². The van der Waals surface area contributed by atoms with Crippen LogP contribution in [0, 0.1) is 23.1 Å². The summed E-state index contributed by atoms with van der Waals surface area (Å²) in [6.45, 7) is 8.25. The van der Waals surface area contributed by atoms with Crippen LogP contribution in [-0.4, -0.2) is 71.9 Å². The van der Waals surface area contributed by atoms with E-state index < -0.39 is 35.5 Å². The summed E-state index contributed by atoms with van der Waals surface area (Å²) in [5.74, 6) is -0.810. The van der Waals surface area contributed by atoms with E-state index in [1.807, 2.05) is 6.07 Å². The van der Waals surface area contributed by atoms with E-state index in [2.05, 4.69) is 21.3 Å². The quantitative estimate of drug-likeness (QED) is 0.571. The zero-order valence-electron chi connectivity index (χ0n) is 22.5. The first kappa shape index (κ1) is 27.3. The summed E-state index contributed by atoms with van der Waals surface area (Å²) in [5.41, 5.74) is 0.364. The van der Waals surface area contributed by atoms with Gasteiger partial charge in [-0.3, -0.25) is 9.69 Å². The Morgan fingerprint density at radius 3 is 2.77 bits per heavy atom. The topological polar surface area (TPSA) is 108 Å². The second-order valence-corrected chi connectivity index (χ2v) is 12.4. The lowest BCUT2D eigenvalue weighted by Gasteiger charge is -2.35. The van der Waals surface area contributed by atoms with Crippen molar-refractivity contribution in [2.24, 2.45) is 5.92 Å². The molecular weight excluding hydrogens is 521 g/mol. The van der Waals surface area contributed by atoms with Crippen molar-refractivity contribution in [3.8, 4) is 16.5 Å². The van der Waals surface area contributed by atoms with Gasteiger partial charge in [0.05, 0.1) is 24.2 Å². The minimum Gasteiger partial charge on any atom is -0.444 e. The maximum Gasteiger partial charge on any atom is 0.411 e. The molecule has 1 N–H and O–H groups in total. The van der Waals surface area contributed by atoms with E-state index in [1.54, 1.807) is 37.9 Å². The van der Waals surface area contributed by atoms with Crippen molar-refractivity contribution in [2.75, 3.05) is 31.2 Å². The molecule has 0 unspecified atom stereocenters. The van der Waals surface area contributed by atoms with Crippen LogP contribution in [0.4, 0.5) is 14.3 Å². The molecular formula is C28H34FN5O4S. The number of halogens is 1. The molecule has 2 aromatic rings. The van der Waals surface area contributed by atoms with Gasteiger partial charge in [0.15, 0.2) is 5.13 Å². The molecule has 208 valence electrons. The van der Waals surface area contributed by atoms with Gasteiger partial charge in [-0.1, -0.05) is 23.5 Å². The molecule has 3 fully saturated rings. The van der Waals surface area contributed by atoms with E-state index in [0.29, 0.717) is 24.3 Å². The molecule has 4 atom stereocenters.